The number of hydrogen-bond acceptors (Lipinski definition) is 5. The third-order valence-electron chi connectivity index (χ3n) is 5.02. The Morgan fingerprint density at radius 2 is 1.86 bits per heavy atom. The summed E-state index contributed by atoms with van der Waals surface area (Å²) in [7, 11) is 0. The molecule has 3 aromatic rings. The third-order valence-corrected chi connectivity index (χ3v) is 5.02. The Hall–Kier alpha value is -3.22. The first-order valence-corrected chi connectivity index (χ1v) is 9.69. The molecule has 3 N–H and O–H groups in total. The highest BCUT2D eigenvalue weighted by molar-refractivity contribution is 6.06. The predicted molar refractivity (Wildman–Crippen MR) is 115 cm³/mol. The molecule has 29 heavy (non-hydrogen) atoms. The summed E-state index contributed by atoms with van der Waals surface area (Å²) >= 11 is 0. The maximum absolute atomic E-state index is 12.7. The number of nitrogens with two attached hydrogens (primary N) is 1. The maximum Gasteiger partial charge on any atom is 0.255 e. The maximum atomic E-state index is 12.7. The summed E-state index contributed by atoms with van der Waals surface area (Å²) in [4.78, 5) is 19.2. The van der Waals surface area contributed by atoms with Gasteiger partial charge in [-0.15, -0.1) is 0 Å². The number of pyridine rings is 1. The zero-order valence-corrected chi connectivity index (χ0v) is 16.2. The van der Waals surface area contributed by atoms with Crippen LogP contribution in [0.4, 0.5) is 11.4 Å². The lowest BCUT2D eigenvalue weighted by atomic mass is 10.1. The molecular weight excluding hydrogens is 364 g/mol. The monoisotopic (exact) mass is 388 g/mol. The summed E-state index contributed by atoms with van der Waals surface area (Å²) in [5, 5.41) is 2.93. The molecule has 6 heteroatoms. The molecule has 1 amide bonds. The van der Waals surface area contributed by atoms with Gasteiger partial charge in [0.1, 0.15) is 0 Å². The smallest absolute Gasteiger partial charge is 0.255 e. The molecule has 1 aromatic heterocycles. The van der Waals surface area contributed by atoms with Crippen LogP contribution in [0.25, 0.3) is 11.1 Å². The molecule has 0 aliphatic carbocycles. The summed E-state index contributed by atoms with van der Waals surface area (Å²) in [5.74, 6) is -0.182. The van der Waals surface area contributed by atoms with Crippen LogP contribution in [0.15, 0.2) is 67.0 Å². The van der Waals surface area contributed by atoms with Gasteiger partial charge in [-0.25, -0.2) is 0 Å². The van der Waals surface area contributed by atoms with E-state index in [1.807, 2.05) is 48.5 Å². The fraction of sp³-hybridized carbons (Fsp3) is 0.217. The number of carbonyl (C=O) groups is 1. The first-order chi connectivity index (χ1) is 14.2. The van der Waals surface area contributed by atoms with Gasteiger partial charge in [-0.1, -0.05) is 24.3 Å². The number of nitrogens with zero attached hydrogens (tertiary/aromatic N) is 2. The molecule has 1 aliphatic heterocycles. The molecule has 6 nitrogen and oxygen atoms in total. The highest BCUT2D eigenvalue weighted by atomic mass is 16.5. The fourth-order valence-electron chi connectivity index (χ4n) is 3.35. The minimum atomic E-state index is -0.182. The molecule has 148 valence electrons. The number of aromatic nitrogens is 1. The molecule has 2 aromatic carbocycles. The summed E-state index contributed by atoms with van der Waals surface area (Å²) in [6, 6.07) is 17.1. The lowest BCUT2D eigenvalue weighted by Crippen LogP contribution is -2.35. The van der Waals surface area contributed by atoms with Gasteiger partial charge < -0.3 is 15.8 Å². The van der Waals surface area contributed by atoms with E-state index in [4.69, 9.17) is 10.5 Å². The molecular formula is C23H24N4O2. The van der Waals surface area contributed by atoms with Crippen LogP contribution in [-0.2, 0) is 11.3 Å². The van der Waals surface area contributed by atoms with E-state index in [1.165, 1.54) is 5.56 Å². The third kappa shape index (κ3) is 4.80. The van der Waals surface area contributed by atoms with Crippen molar-refractivity contribution in [3.05, 3.63) is 78.1 Å². The summed E-state index contributed by atoms with van der Waals surface area (Å²) in [5.41, 5.74) is 10.9. The Balaban J connectivity index is 1.45. The Kier molecular flexibility index (Phi) is 5.84. The van der Waals surface area contributed by atoms with Gasteiger partial charge >= 0.3 is 0 Å². The molecule has 1 saturated heterocycles. The molecule has 0 radical (unpaired) electrons. The van der Waals surface area contributed by atoms with Gasteiger partial charge in [-0.05, 0) is 41.5 Å². The van der Waals surface area contributed by atoms with Crippen molar-refractivity contribution in [2.75, 3.05) is 37.4 Å². The van der Waals surface area contributed by atoms with E-state index in [9.17, 15) is 4.79 Å². The highest BCUT2D eigenvalue weighted by Crippen LogP contribution is 2.27. The van der Waals surface area contributed by atoms with E-state index in [-0.39, 0.29) is 5.91 Å². The first kappa shape index (κ1) is 19.1. The van der Waals surface area contributed by atoms with Crippen LogP contribution in [0.1, 0.15) is 15.9 Å². The zero-order valence-electron chi connectivity index (χ0n) is 16.2. The Morgan fingerprint density at radius 3 is 2.59 bits per heavy atom. The number of morpholine rings is 1. The van der Waals surface area contributed by atoms with E-state index in [2.05, 4.69) is 15.2 Å². The average molecular weight is 388 g/mol. The minimum Gasteiger partial charge on any atom is -0.397 e. The number of amides is 1. The van der Waals surface area contributed by atoms with Crippen LogP contribution in [0.2, 0.25) is 0 Å². The second-order valence-corrected chi connectivity index (χ2v) is 7.08. The lowest BCUT2D eigenvalue weighted by molar-refractivity contribution is 0.0342. The molecule has 0 unspecified atom stereocenters. The molecule has 2 heterocycles. The standard InChI is InChI=1S/C23H24N4O2/c24-21-8-7-19(20-2-1-9-25-15-20)14-22(21)26-23(28)18-5-3-17(4-6-18)16-27-10-12-29-13-11-27/h1-9,14-15H,10-13,16,24H2,(H,26,28). The Bertz CT molecular complexity index is 968. The fourth-order valence-corrected chi connectivity index (χ4v) is 3.35. The molecule has 0 saturated carbocycles. The SMILES string of the molecule is Nc1ccc(-c2cccnc2)cc1NC(=O)c1ccc(CN2CCOCC2)cc1. The number of nitrogen functional groups attached to an aromatic ring is 1. The molecule has 1 fully saturated rings. The van der Waals surface area contributed by atoms with Gasteiger partial charge in [-0.3, -0.25) is 14.7 Å². The average Bonchev–Trinajstić information content (AvgIpc) is 2.77. The number of hydrogen-bond donors (Lipinski definition) is 2. The number of ether oxygens (including phenoxy) is 1. The summed E-state index contributed by atoms with van der Waals surface area (Å²) < 4.78 is 5.38. The van der Waals surface area contributed by atoms with E-state index < -0.39 is 0 Å². The van der Waals surface area contributed by atoms with Crippen molar-refractivity contribution in [3.8, 4) is 11.1 Å². The van der Waals surface area contributed by atoms with Crippen molar-refractivity contribution in [2.24, 2.45) is 0 Å². The Morgan fingerprint density at radius 1 is 1.07 bits per heavy atom. The van der Waals surface area contributed by atoms with E-state index in [0.717, 1.165) is 44.0 Å². The lowest BCUT2D eigenvalue weighted by Gasteiger charge is -2.26. The molecule has 4 rings (SSSR count). The predicted octanol–water partition coefficient (Wildman–Crippen LogP) is 3.42. The number of carbonyl (C=O) groups excluding carboxylic acids is 1. The topological polar surface area (TPSA) is 80.5 Å². The van der Waals surface area contributed by atoms with Crippen LogP contribution in [0, 0.1) is 0 Å². The van der Waals surface area contributed by atoms with Crippen LogP contribution in [0.3, 0.4) is 0 Å². The quantitative estimate of drug-likeness (QED) is 0.655. The van der Waals surface area contributed by atoms with Gasteiger partial charge in [0.25, 0.3) is 5.91 Å². The Labute approximate surface area is 170 Å². The van der Waals surface area contributed by atoms with E-state index in [1.54, 1.807) is 18.5 Å². The number of benzene rings is 2. The first-order valence-electron chi connectivity index (χ1n) is 9.69. The van der Waals surface area contributed by atoms with Gasteiger partial charge in [0.05, 0.1) is 24.6 Å². The molecule has 1 aliphatic rings. The van der Waals surface area contributed by atoms with Crippen molar-refractivity contribution in [1.82, 2.24) is 9.88 Å². The van der Waals surface area contributed by atoms with Crippen LogP contribution >= 0.6 is 0 Å². The van der Waals surface area contributed by atoms with Crippen molar-refractivity contribution < 1.29 is 9.53 Å². The zero-order chi connectivity index (χ0) is 20.1. The normalized spacial score (nSPS) is 14.5. The highest BCUT2D eigenvalue weighted by Gasteiger charge is 2.12. The van der Waals surface area contributed by atoms with Crippen molar-refractivity contribution in [1.29, 1.82) is 0 Å². The molecule has 0 spiro atoms. The molecule has 0 atom stereocenters. The van der Waals surface area contributed by atoms with E-state index >= 15 is 0 Å². The van der Waals surface area contributed by atoms with Crippen molar-refractivity contribution >= 4 is 17.3 Å². The van der Waals surface area contributed by atoms with Gasteiger partial charge in [0.2, 0.25) is 0 Å². The van der Waals surface area contributed by atoms with Crippen LogP contribution in [-0.4, -0.2) is 42.1 Å². The van der Waals surface area contributed by atoms with Crippen LogP contribution < -0.4 is 11.1 Å². The minimum absolute atomic E-state index is 0.182. The summed E-state index contributed by atoms with van der Waals surface area (Å²) in [6.45, 7) is 4.30. The second-order valence-electron chi connectivity index (χ2n) is 7.08. The van der Waals surface area contributed by atoms with Crippen LogP contribution in [0.5, 0.6) is 0 Å². The van der Waals surface area contributed by atoms with Gasteiger partial charge in [0.15, 0.2) is 0 Å². The number of anilines is 2. The van der Waals surface area contributed by atoms with Crippen molar-refractivity contribution in [3.63, 3.8) is 0 Å². The van der Waals surface area contributed by atoms with Crippen molar-refractivity contribution in [2.45, 2.75) is 6.54 Å². The van der Waals surface area contributed by atoms with Gasteiger partial charge in [0, 0.05) is 43.2 Å². The largest absolute Gasteiger partial charge is 0.397 e. The van der Waals surface area contributed by atoms with Gasteiger partial charge in [-0.2, -0.15) is 0 Å². The number of nitrogens with one attached hydrogen (secondary N) is 1. The second kappa shape index (κ2) is 8.86. The molecule has 0 bridgehead atoms. The summed E-state index contributed by atoms with van der Waals surface area (Å²) in [6.07, 6.45) is 3.51. The number of rotatable bonds is 5. The van der Waals surface area contributed by atoms with E-state index in [0.29, 0.717) is 16.9 Å².